The molecule has 3 fully saturated rings. The number of carbonyl (C=O) groups excluding carboxylic acids is 1. The van der Waals surface area contributed by atoms with E-state index in [-0.39, 0.29) is 18.9 Å². The van der Waals surface area contributed by atoms with Gasteiger partial charge in [0, 0.05) is 6.42 Å². The number of allylic oxidation sites excluding steroid dienone is 6. The molecule has 0 aromatic heterocycles. The Morgan fingerprint density at radius 3 is 1.34 bits per heavy atom. The van der Waals surface area contributed by atoms with Crippen LogP contribution in [0.3, 0.4) is 0 Å². The lowest BCUT2D eigenvalue weighted by Crippen LogP contribution is -2.66. The molecule has 19 heteroatoms. The van der Waals surface area contributed by atoms with Crippen molar-refractivity contribution in [2.75, 3.05) is 26.4 Å². The number of carbonyl (C=O) groups is 1. The van der Waals surface area contributed by atoms with E-state index in [1.807, 2.05) is 0 Å². The molecule has 19 nitrogen and oxygen atoms in total. The molecule has 12 N–H and O–H groups in total. The largest absolute Gasteiger partial charge is 0.394 e. The van der Waals surface area contributed by atoms with Gasteiger partial charge < -0.3 is 89.9 Å². The molecule has 0 saturated carbocycles. The molecule has 0 spiro atoms. The van der Waals surface area contributed by atoms with Crippen LogP contribution in [0.5, 0.6) is 0 Å². The van der Waals surface area contributed by atoms with Gasteiger partial charge in [0.15, 0.2) is 18.9 Å². The maximum absolute atomic E-state index is 13.3. The lowest BCUT2D eigenvalue weighted by Gasteiger charge is -2.48. The molecule has 450 valence electrons. The predicted octanol–water partition coefficient (Wildman–Crippen LogP) is 4.93. The highest BCUT2D eigenvalue weighted by atomic mass is 16.8. The van der Waals surface area contributed by atoms with Crippen molar-refractivity contribution in [2.24, 2.45) is 0 Å². The second kappa shape index (κ2) is 41.9. The summed E-state index contributed by atoms with van der Waals surface area (Å²) in [6, 6.07) is -0.892. The van der Waals surface area contributed by atoms with Gasteiger partial charge in [-0.1, -0.05) is 172 Å². The molecule has 3 saturated heterocycles. The number of rotatable bonds is 43. The van der Waals surface area contributed by atoms with Crippen molar-refractivity contribution >= 4 is 5.91 Å². The zero-order valence-electron chi connectivity index (χ0n) is 46.7. The molecular weight excluding hydrogens is 999 g/mol. The number of unbranched alkanes of at least 4 members (excludes halogenated alkanes) is 21. The third-order valence-corrected chi connectivity index (χ3v) is 15.0. The molecule has 3 rings (SSSR count). The van der Waals surface area contributed by atoms with Gasteiger partial charge >= 0.3 is 0 Å². The molecule has 0 aliphatic carbocycles. The Morgan fingerprint density at radius 1 is 0.468 bits per heavy atom. The predicted molar refractivity (Wildman–Crippen MR) is 291 cm³/mol. The number of ether oxygens (including phenoxy) is 6. The summed E-state index contributed by atoms with van der Waals surface area (Å²) < 4.78 is 34.2. The van der Waals surface area contributed by atoms with E-state index >= 15 is 0 Å². The van der Waals surface area contributed by atoms with E-state index < -0.39 is 124 Å². The van der Waals surface area contributed by atoms with Gasteiger partial charge in [-0.05, 0) is 51.4 Å². The molecule has 17 atom stereocenters. The van der Waals surface area contributed by atoms with Crippen molar-refractivity contribution in [1.29, 1.82) is 0 Å². The van der Waals surface area contributed by atoms with E-state index in [1.54, 1.807) is 0 Å². The van der Waals surface area contributed by atoms with Crippen LogP contribution in [-0.2, 0) is 33.2 Å². The van der Waals surface area contributed by atoms with Crippen LogP contribution in [0.4, 0.5) is 0 Å². The first-order chi connectivity index (χ1) is 37.3. The second-order valence-corrected chi connectivity index (χ2v) is 21.5. The summed E-state index contributed by atoms with van der Waals surface area (Å²) in [6.45, 7) is 1.74. The Balaban J connectivity index is 1.48. The first-order valence-electron chi connectivity index (χ1n) is 29.7. The van der Waals surface area contributed by atoms with Gasteiger partial charge in [-0.25, -0.2) is 0 Å². The number of aliphatic hydroxyl groups is 11. The molecule has 3 aliphatic rings. The Bertz CT molecular complexity index is 1550. The highest BCUT2D eigenvalue weighted by molar-refractivity contribution is 5.76. The van der Waals surface area contributed by atoms with Gasteiger partial charge in [-0.2, -0.15) is 0 Å². The van der Waals surface area contributed by atoms with E-state index in [2.05, 4.69) is 55.6 Å². The Hall–Kier alpha value is -1.99. The van der Waals surface area contributed by atoms with Gasteiger partial charge in [0.05, 0.1) is 38.6 Å². The van der Waals surface area contributed by atoms with Gasteiger partial charge in [-0.3, -0.25) is 4.79 Å². The van der Waals surface area contributed by atoms with E-state index in [9.17, 15) is 61.0 Å². The minimum absolute atomic E-state index is 0.251. The number of hydrogen-bond acceptors (Lipinski definition) is 18. The zero-order chi connectivity index (χ0) is 56.2. The molecule has 77 heavy (non-hydrogen) atoms. The molecular formula is C58H105NO18. The summed E-state index contributed by atoms with van der Waals surface area (Å²) in [5.74, 6) is -0.258. The SMILES string of the molecule is CCCCCCC/C=C\C/C=C\C/C=C\CCCCCCCCC(=O)NC(COC1OC(CO)C(OC2OC(CO)C(OC3OC(CO)C(O)C(O)C3O)C(O)C2O)C(O)C1O)C(O)CCCCCCCCCCCCC. The molecule has 0 aromatic rings. The van der Waals surface area contributed by atoms with Crippen molar-refractivity contribution in [2.45, 2.75) is 298 Å². The summed E-state index contributed by atoms with van der Waals surface area (Å²) >= 11 is 0. The lowest BCUT2D eigenvalue weighted by atomic mass is 9.96. The summed E-state index contributed by atoms with van der Waals surface area (Å²) in [4.78, 5) is 13.3. The fourth-order valence-corrected chi connectivity index (χ4v) is 10.0. The van der Waals surface area contributed by atoms with Crippen molar-refractivity contribution < 1.29 is 89.4 Å². The highest BCUT2D eigenvalue weighted by Gasteiger charge is 2.53. The molecule has 3 heterocycles. The van der Waals surface area contributed by atoms with Crippen LogP contribution in [-0.4, -0.2) is 193 Å². The zero-order valence-corrected chi connectivity index (χ0v) is 46.7. The Kier molecular flexibility index (Phi) is 37.7. The third-order valence-electron chi connectivity index (χ3n) is 15.0. The number of hydrogen-bond donors (Lipinski definition) is 12. The first-order valence-corrected chi connectivity index (χ1v) is 29.7. The fraction of sp³-hybridized carbons (Fsp3) is 0.879. The van der Waals surface area contributed by atoms with Crippen molar-refractivity contribution in [3.63, 3.8) is 0 Å². The maximum Gasteiger partial charge on any atom is 0.220 e. The highest BCUT2D eigenvalue weighted by Crippen LogP contribution is 2.33. The van der Waals surface area contributed by atoms with E-state index in [4.69, 9.17) is 28.4 Å². The van der Waals surface area contributed by atoms with Crippen molar-refractivity contribution in [3.05, 3.63) is 36.5 Å². The minimum atomic E-state index is -1.97. The van der Waals surface area contributed by atoms with Crippen molar-refractivity contribution in [3.8, 4) is 0 Å². The van der Waals surface area contributed by atoms with Gasteiger partial charge in [-0.15, -0.1) is 0 Å². The van der Waals surface area contributed by atoms with Crippen LogP contribution in [0.1, 0.15) is 194 Å². The molecule has 0 radical (unpaired) electrons. The quantitative estimate of drug-likeness (QED) is 0.0285. The number of nitrogens with one attached hydrogen (secondary N) is 1. The van der Waals surface area contributed by atoms with E-state index in [1.165, 1.54) is 83.5 Å². The van der Waals surface area contributed by atoms with Crippen LogP contribution in [0.15, 0.2) is 36.5 Å². The van der Waals surface area contributed by atoms with Crippen LogP contribution < -0.4 is 5.32 Å². The minimum Gasteiger partial charge on any atom is -0.394 e. The smallest absolute Gasteiger partial charge is 0.220 e. The summed E-state index contributed by atoms with van der Waals surface area (Å²) in [7, 11) is 0. The van der Waals surface area contributed by atoms with Crippen LogP contribution >= 0.6 is 0 Å². The average molecular weight is 1100 g/mol. The molecule has 1 amide bonds. The van der Waals surface area contributed by atoms with Gasteiger partial charge in [0.2, 0.25) is 5.91 Å². The average Bonchev–Trinajstić information content (AvgIpc) is 3.44. The van der Waals surface area contributed by atoms with Crippen LogP contribution in [0.25, 0.3) is 0 Å². The molecule has 0 bridgehead atoms. The topological polar surface area (TPSA) is 307 Å². The monoisotopic (exact) mass is 1100 g/mol. The van der Waals surface area contributed by atoms with Gasteiger partial charge in [0.25, 0.3) is 0 Å². The number of amides is 1. The normalized spacial score (nSPS) is 30.9. The maximum atomic E-state index is 13.3. The standard InChI is InChI=1S/C58H105NO18/c1-3-5-7-9-11-13-15-16-17-18-19-20-21-22-23-24-26-28-30-32-34-36-46(64)59-41(42(63)35-33-31-29-27-25-14-12-10-8-6-4-2)40-72-56-52(70)49(67)54(44(38-61)74-56)77-58-53(71)50(68)55(45(39-62)75-58)76-57-51(69)48(66)47(65)43(37-60)73-57/h15-16,18-19,21-22,41-45,47-58,60-63,65-71H,3-14,17,20,23-40H2,1-2H3,(H,59,64)/b16-15-,19-18-,22-21-. The lowest BCUT2D eigenvalue weighted by molar-refractivity contribution is -0.379. The van der Waals surface area contributed by atoms with E-state index in [0.717, 1.165) is 77.0 Å². The second-order valence-electron chi connectivity index (χ2n) is 21.5. The summed E-state index contributed by atoms with van der Waals surface area (Å²) in [6.07, 6.45) is 16.6. The summed E-state index contributed by atoms with van der Waals surface area (Å²) in [5.41, 5.74) is 0. The Morgan fingerprint density at radius 2 is 0.857 bits per heavy atom. The molecule has 17 unspecified atom stereocenters. The van der Waals surface area contributed by atoms with Gasteiger partial charge in [0.1, 0.15) is 73.2 Å². The Labute approximate surface area is 460 Å². The van der Waals surface area contributed by atoms with E-state index in [0.29, 0.717) is 12.8 Å². The van der Waals surface area contributed by atoms with Crippen LogP contribution in [0, 0.1) is 0 Å². The third kappa shape index (κ3) is 26.2. The first kappa shape index (κ1) is 69.3. The van der Waals surface area contributed by atoms with Crippen molar-refractivity contribution in [1.82, 2.24) is 5.32 Å². The number of aliphatic hydroxyl groups excluding tert-OH is 11. The molecule has 3 aliphatic heterocycles. The summed E-state index contributed by atoms with van der Waals surface area (Å²) in [5, 5.41) is 120. The molecule has 0 aromatic carbocycles. The van der Waals surface area contributed by atoms with Crippen LogP contribution in [0.2, 0.25) is 0 Å². The fourth-order valence-electron chi connectivity index (χ4n) is 10.0.